The summed E-state index contributed by atoms with van der Waals surface area (Å²) in [7, 11) is 0. The number of rotatable bonds is 6. The van der Waals surface area contributed by atoms with Crippen LogP contribution in [-0.4, -0.2) is 30.6 Å². The third kappa shape index (κ3) is 3.65. The molecule has 1 aliphatic heterocycles. The zero-order chi connectivity index (χ0) is 14.4. The molecule has 0 amide bonds. The van der Waals surface area contributed by atoms with Gasteiger partial charge in [-0.15, -0.1) is 0 Å². The maximum Gasteiger partial charge on any atom is 0.399 e. The zero-order valence-corrected chi connectivity index (χ0v) is 14.5. The molecule has 0 aliphatic carbocycles. The third-order valence-corrected chi connectivity index (χ3v) is 10.4. The van der Waals surface area contributed by atoms with E-state index in [-0.39, 0.29) is 6.10 Å². The standard InChI is InChI=1S/C8H9O.C5H10N.2C2H5.Al/c1-7(9)8-5-3-2-4-6-8;1-2-4-6-5-3-1;2*1-2;/h2-7H,1H3;1-5H2;2*1H2,2H3;/q2*-1;;;+1. The van der Waals surface area contributed by atoms with Crippen LogP contribution in [0.15, 0.2) is 30.3 Å². The van der Waals surface area contributed by atoms with Crippen molar-refractivity contribution < 1.29 is 3.79 Å². The lowest BCUT2D eigenvalue weighted by Gasteiger charge is -2.51. The van der Waals surface area contributed by atoms with Gasteiger partial charge in [0.1, 0.15) is 0 Å². The van der Waals surface area contributed by atoms with E-state index in [0.717, 1.165) is 0 Å². The summed E-state index contributed by atoms with van der Waals surface area (Å²) in [5.74, 6) is 0. The highest BCUT2D eigenvalue weighted by Gasteiger charge is 2.37. The second-order valence-electron chi connectivity index (χ2n) is 6.19. The first-order chi connectivity index (χ1) is 9.72. The molecule has 1 heterocycles. The Morgan fingerprint density at radius 3 is 2.20 bits per heavy atom. The molecular weight excluding hydrogens is 261 g/mol. The first kappa shape index (κ1) is 16.1. The number of piperidine rings is 1. The van der Waals surface area contributed by atoms with Crippen LogP contribution < -0.4 is 0 Å². The maximum atomic E-state index is 6.75. The summed E-state index contributed by atoms with van der Waals surface area (Å²) in [5, 5.41) is 2.45. The lowest BCUT2D eigenvalue weighted by Crippen LogP contribution is -2.57. The van der Waals surface area contributed by atoms with E-state index in [1.807, 2.05) is 0 Å². The van der Waals surface area contributed by atoms with Crippen molar-refractivity contribution in [2.75, 3.05) is 13.1 Å². The normalized spacial score (nSPS) is 18.9. The molecule has 0 saturated carbocycles. The highest BCUT2D eigenvalue weighted by Crippen LogP contribution is 2.31. The average Bonchev–Trinajstić information content (AvgIpc) is 2.54. The van der Waals surface area contributed by atoms with E-state index in [0.29, 0.717) is 0 Å². The molecule has 2 rings (SSSR count). The number of nitrogens with zero attached hydrogens (tertiary/aromatic N) is 1. The minimum Gasteiger partial charge on any atom is -0.640 e. The SMILES string of the molecule is C[CH2][Al-]([CH2]C)([O]C(C)c1ccccc1)[N]1CCCCC1. The highest BCUT2D eigenvalue weighted by molar-refractivity contribution is 6.70. The molecule has 2 nitrogen and oxygen atoms in total. The third-order valence-electron chi connectivity index (χ3n) is 5.06. The van der Waals surface area contributed by atoms with Gasteiger partial charge in [-0.05, 0) is 38.4 Å². The molecule has 0 bridgehead atoms. The van der Waals surface area contributed by atoms with Gasteiger partial charge < -0.3 is 7.67 Å². The van der Waals surface area contributed by atoms with Crippen LogP contribution in [0.5, 0.6) is 0 Å². The van der Waals surface area contributed by atoms with Gasteiger partial charge in [-0.1, -0.05) is 50.6 Å². The summed E-state index contributed by atoms with van der Waals surface area (Å²) in [6, 6.07) is 10.7. The van der Waals surface area contributed by atoms with E-state index < -0.39 is 13.6 Å². The fraction of sp³-hybridized carbons (Fsp3) is 0.647. The molecule has 1 aliphatic rings. The predicted molar refractivity (Wildman–Crippen MR) is 88.1 cm³/mol. The molecule has 112 valence electrons. The van der Waals surface area contributed by atoms with Gasteiger partial charge in [0.05, 0.1) is 0 Å². The van der Waals surface area contributed by atoms with Gasteiger partial charge in [-0.3, -0.25) is 0 Å². The summed E-state index contributed by atoms with van der Waals surface area (Å²) >= 11 is -2.09. The van der Waals surface area contributed by atoms with E-state index in [4.69, 9.17) is 3.79 Å². The Labute approximate surface area is 127 Å². The summed E-state index contributed by atoms with van der Waals surface area (Å²) in [5.41, 5.74) is 1.32. The van der Waals surface area contributed by atoms with Crippen LogP contribution in [0.3, 0.4) is 0 Å². The fourth-order valence-electron chi connectivity index (χ4n) is 3.66. The van der Waals surface area contributed by atoms with Crippen molar-refractivity contribution in [2.24, 2.45) is 0 Å². The van der Waals surface area contributed by atoms with E-state index in [1.165, 1.54) is 48.5 Å². The zero-order valence-electron chi connectivity index (χ0n) is 13.3. The van der Waals surface area contributed by atoms with Gasteiger partial charge in [0.2, 0.25) is 0 Å². The summed E-state index contributed by atoms with van der Waals surface area (Å²) < 4.78 is 9.50. The molecule has 1 aromatic rings. The first-order valence-electron chi connectivity index (χ1n) is 8.37. The first-order valence-corrected chi connectivity index (χ1v) is 11.0. The van der Waals surface area contributed by atoms with Crippen molar-refractivity contribution in [2.45, 2.75) is 56.7 Å². The number of hydrogen-bond donors (Lipinski definition) is 0. The van der Waals surface area contributed by atoms with Gasteiger partial charge in [0.25, 0.3) is 0 Å². The molecule has 20 heavy (non-hydrogen) atoms. The second-order valence-corrected chi connectivity index (χ2v) is 11.0. The Hall–Kier alpha value is -0.328. The molecule has 0 spiro atoms. The van der Waals surface area contributed by atoms with Gasteiger partial charge in [0.15, 0.2) is 0 Å². The van der Waals surface area contributed by atoms with Crippen molar-refractivity contribution in [3.63, 3.8) is 0 Å². The van der Waals surface area contributed by atoms with Crippen LogP contribution in [0.2, 0.25) is 10.6 Å². The summed E-state index contributed by atoms with van der Waals surface area (Å²) in [6.45, 7) is 9.40. The molecule has 1 unspecified atom stereocenters. The van der Waals surface area contributed by atoms with Crippen LogP contribution in [-0.2, 0) is 3.79 Å². The van der Waals surface area contributed by atoms with Crippen LogP contribution in [0.1, 0.15) is 51.7 Å². The molecule has 0 aromatic heterocycles. The van der Waals surface area contributed by atoms with E-state index >= 15 is 0 Å². The summed E-state index contributed by atoms with van der Waals surface area (Å²) in [6.07, 6.45) is 4.33. The Morgan fingerprint density at radius 2 is 1.65 bits per heavy atom. The number of hydrogen-bond acceptors (Lipinski definition) is 2. The molecule has 1 aromatic carbocycles. The maximum absolute atomic E-state index is 6.75. The topological polar surface area (TPSA) is 12.5 Å². The summed E-state index contributed by atoms with van der Waals surface area (Å²) in [4.78, 5) is 0. The molecule has 0 N–H and O–H groups in total. The highest BCUT2D eigenvalue weighted by atomic mass is 27.3. The molecule has 0 radical (unpaired) electrons. The lowest BCUT2D eigenvalue weighted by molar-refractivity contribution is 0.158. The lowest BCUT2D eigenvalue weighted by atomic mass is 10.1. The molecule has 1 saturated heterocycles. The minimum atomic E-state index is -2.09. The number of benzene rings is 1. The molecular formula is C17H29AlNO-. The van der Waals surface area contributed by atoms with Crippen LogP contribution in [0, 0.1) is 0 Å². The van der Waals surface area contributed by atoms with Gasteiger partial charge in [-0.2, -0.15) is 10.6 Å². The quantitative estimate of drug-likeness (QED) is 0.702. The Morgan fingerprint density at radius 1 is 1.05 bits per heavy atom. The van der Waals surface area contributed by atoms with Crippen LogP contribution in [0.25, 0.3) is 0 Å². The predicted octanol–water partition coefficient (Wildman–Crippen LogP) is 4.73. The molecule has 3 heteroatoms. The second kappa shape index (κ2) is 7.62. The Balaban J connectivity index is 2.11. The van der Waals surface area contributed by atoms with Crippen LogP contribution in [0.4, 0.5) is 0 Å². The Bertz CT molecular complexity index is 385. The Kier molecular flexibility index (Phi) is 6.11. The van der Waals surface area contributed by atoms with Crippen molar-refractivity contribution in [1.82, 2.24) is 3.88 Å². The van der Waals surface area contributed by atoms with Gasteiger partial charge >= 0.3 is 13.6 Å². The van der Waals surface area contributed by atoms with E-state index in [1.54, 1.807) is 0 Å². The molecule has 1 atom stereocenters. The fourth-order valence-corrected chi connectivity index (χ4v) is 8.05. The average molecular weight is 290 g/mol. The largest absolute Gasteiger partial charge is 0.640 e. The minimum absolute atomic E-state index is 0.225. The van der Waals surface area contributed by atoms with Crippen molar-refractivity contribution >= 4 is 13.6 Å². The smallest absolute Gasteiger partial charge is 0.399 e. The van der Waals surface area contributed by atoms with E-state index in [9.17, 15) is 0 Å². The van der Waals surface area contributed by atoms with Gasteiger partial charge in [-0.25, -0.2) is 0 Å². The van der Waals surface area contributed by atoms with Gasteiger partial charge in [0, 0.05) is 6.10 Å². The monoisotopic (exact) mass is 290 g/mol. The van der Waals surface area contributed by atoms with Crippen molar-refractivity contribution in [1.29, 1.82) is 0 Å². The van der Waals surface area contributed by atoms with Crippen molar-refractivity contribution in [3.8, 4) is 0 Å². The van der Waals surface area contributed by atoms with Crippen molar-refractivity contribution in [3.05, 3.63) is 35.9 Å². The van der Waals surface area contributed by atoms with E-state index in [2.05, 4.69) is 55.0 Å². The van der Waals surface area contributed by atoms with Crippen LogP contribution >= 0.6 is 0 Å². The molecule has 1 fully saturated rings.